The minimum atomic E-state index is 0.0502. The van der Waals surface area contributed by atoms with E-state index < -0.39 is 0 Å². The van der Waals surface area contributed by atoms with Gasteiger partial charge in [0.25, 0.3) is 0 Å². The van der Waals surface area contributed by atoms with E-state index >= 15 is 0 Å². The van der Waals surface area contributed by atoms with E-state index in [4.69, 9.17) is 6.42 Å². The molecule has 0 atom stereocenters. The van der Waals surface area contributed by atoms with Gasteiger partial charge in [0.1, 0.15) is 0 Å². The van der Waals surface area contributed by atoms with Crippen LogP contribution in [0.3, 0.4) is 0 Å². The van der Waals surface area contributed by atoms with Gasteiger partial charge in [-0.15, -0.1) is 6.42 Å². The number of likely N-dealkylation sites (tertiary alicyclic amines) is 1. The Labute approximate surface area is 104 Å². The number of nitrogens with zero attached hydrogens (tertiary/aromatic N) is 1. The average molecular weight is 237 g/mol. The summed E-state index contributed by atoms with van der Waals surface area (Å²) in [6.45, 7) is 6.32. The Balaban J connectivity index is 2.13. The molecule has 0 saturated carbocycles. The van der Waals surface area contributed by atoms with Crippen LogP contribution in [-0.4, -0.2) is 49.6 Å². The van der Waals surface area contributed by atoms with Gasteiger partial charge in [0.05, 0.1) is 13.1 Å². The number of carbonyl (C=O) groups is 1. The molecule has 0 bridgehead atoms. The van der Waals surface area contributed by atoms with Crippen molar-refractivity contribution in [2.45, 2.75) is 32.2 Å². The van der Waals surface area contributed by atoms with Gasteiger partial charge < -0.3 is 10.2 Å². The second-order valence-electron chi connectivity index (χ2n) is 4.49. The van der Waals surface area contributed by atoms with Crippen LogP contribution in [0, 0.1) is 12.3 Å². The largest absolute Gasteiger partial charge is 0.352 e. The molecule has 17 heavy (non-hydrogen) atoms. The summed E-state index contributed by atoms with van der Waals surface area (Å²) in [5.41, 5.74) is 0. The van der Waals surface area contributed by atoms with Crippen molar-refractivity contribution in [3.05, 3.63) is 0 Å². The van der Waals surface area contributed by atoms with E-state index in [2.05, 4.69) is 28.4 Å². The van der Waals surface area contributed by atoms with Gasteiger partial charge in [-0.3, -0.25) is 10.1 Å². The molecule has 0 unspecified atom stereocenters. The monoisotopic (exact) mass is 237 g/mol. The Bertz CT molecular complexity index is 264. The van der Waals surface area contributed by atoms with Gasteiger partial charge in [0.2, 0.25) is 5.91 Å². The SMILES string of the molecule is C#CCNCC(=O)NC1CCN(CCC)CC1. The first-order valence-corrected chi connectivity index (χ1v) is 6.42. The van der Waals surface area contributed by atoms with Crippen LogP contribution in [0.4, 0.5) is 0 Å². The molecular weight excluding hydrogens is 214 g/mol. The normalized spacial score (nSPS) is 17.6. The van der Waals surface area contributed by atoms with Gasteiger partial charge in [0.15, 0.2) is 0 Å². The van der Waals surface area contributed by atoms with E-state index in [0.29, 0.717) is 19.1 Å². The van der Waals surface area contributed by atoms with Gasteiger partial charge in [0, 0.05) is 19.1 Å². The van der Waals surface area contributed by atoms with Gasteiger partial charge in [-0.2, -0.15) is 0 Å². The number of carbonyl (C=O) groups excluding carboxylic acids is 1. The molecule has 4 nitrogen and oxygen atoms in total. The van der Waals surface area contributed by atoms with Crippen LogP contribution in [0.5, 0.6) is 0 Å². The Kier molecular flexibility index (Phi) is 6.68. The zero-order chi connectivity index (χ0) is 12.5. The van der Waals surface area contributed by atoms with Crippen LogP contribution in [0.1, 0.15) is 26.2 Å². The molecule has 96 valence electrons. The van der Waals surface area contributed by atoms with Crippen LogP contribution >= 0.6 is 0 Å². The number of terminal acetylenes is 1. The number of rotatable bonds is 6. The molecule has 1 aliphatic heterocycles. The molecule has 1 fully saturated rings. The van der Waals surface area contributed by atoms with Crippen LogP contribution in [0.25, 0.3) is 0 Å². The van der Waals surface area contributed by atoms with Gasteiger partial charge in [-0.05, 0) is 25.8 Å². The molecule has 0 radical (unpaired) electrons. The Morgan fingerprint density at radius 2 is 2.18 bits per heavy atom. The highest BCUT2D eigenvalue weighted by Crippen LogP contribution is 2.10. The fraction of sp³-hybridized carbons (Fsp3) is 0.769. The third-order valence-corrected chi connectivity index (χ3v) is 3.01. The summed E-state index contributed by atoms with van der Waals surface area (Å²) in [6, 6.07) is 0.336. The highest BCUT2D eigenvalue weighted by molar-refractivity contribution is 5.78. The molecular formula is C13H23N3O. The van der Waals surface area contributed by atoms with Crippen LogP contribution in [-0.2, 0) is 4.79 Å². The van der Waals surface area contributed by atoms with E-state index in [1.54, 1.807) is 0 Å². The molecule has 1 saturated heterocycles. The first-order chi connectivity index (χ1) is 8.26. The van der Waals surface area contributed by atoms with Crippen molar-refractivity contribution < 1.29 is 4.79 Å². The lowest BCUT2D eigenvalue weighted by Gasteiger charge is -2.32. The quantitative estimate of drug-likeness (QED) is 0.512. The van der Waals surface area contributed by atoms with Gasteiger partial charge in [-0.1, -0.05) is 12.8 Å². The van der Waals surface area contributed by atoms with Crippen LogP contribution in [0.15, 0.2) is 0 Å². The average Bonchev–Trinajstić information content (AvgIpc) is 2.32. The smallest absolute Gasteiger partial charge is 0.234 e. The predicted octanol–water partition coefficient (Wildman–Crippen LogP) is 0.200. The standard InChI is InChI=1S/C13H23N3O/c1-3-7-14-11-13(17)15-12-5-9-16(8-4-2)10-6-12/h1,12,14H,4-11H2,2H3,(H,15,17). The van der Waals surface area contributed by atoms with Crippen molar-refractivity contribution in [1.82, 2.24) is 15.5 Å². The van der Waals surface area contributed by atoms with Crippen molar-refractivity contribution in [1.29, 1.82) is 0 Å². The van der Waals surface area contributed by atoms with E-state index in [0.717, 1.165) is 25.9 Å². The predicted molar refractivity (Wildman–Crippen MR) is 69.6 cm³/mol. The number of hydrogen-bond acceptors (Lipinski definition) is 3. The molecule has 0 aromatic rings. The number of nitrogens with one attached hydrogen (secondary N) is 2. The molecule has 1 rings (SSSR count). The van der Waals surface area contributed by atoms with Gasteiger partial charge >= 0.3 is 0 Å². The molecule has 0 spiro atoms. The van der Waals surface area contributed by atoms with E-state index in [9.17, 15) is 4.79 Å². The molecule has 0 aromatic heterocycles. The van der Waals surface area contributed by atoms with Gasteiger partial charge in [-0.25, -0.2) is 0 Å². The summed E-state index contributed by atoms with van der Waals surface area (Å²) >= 11 is 0. The fourth-order valence-corrected chi connectivity index (χ4v) is 2.14. The highest BCUT2D eigenvalue weighted by Gasteiger charge is 2.19. The Morgan fingerprint density at radius 1 is 1.47 bits per heavy atom. The zero-order valence-electron chi connectivity index (χ0n) is 10.7. The van der Waals surface area contributed by atoms with Crippen molar-refractivity contribution in [2.24, 2.45) is 0 Å². The van der Waals surface area contributed by atoms with Crippen molar-refractivity contribution in [3.63, 3.8) is 0 Å². The Hall–Kier alpha value is -1.05. The van der Waals surface area contributed by atoms with Crippen molar-refractivity contribution in [2.75, 3.05) is 32.7 Å². The zero-order valence-corrected chi connectivity index (χ0v) is 10.7. The lowest BCUT2D eigenvalue weighted by Crippen LogP contribution is -2.47. The number of piperidine rings is 1. The third kappa shape index (κ3) is 5.71. The second kappa shape index (κ2) is 8.10. The molecule has 1 aliphatic rings. The summed E-state index contributed by atoms with van der Waals surface area (Å²) in [5.74, 6) is 2.50. The molecule has 0 aromatic carbocycles. The number of amides is 1. The first kappa shape index (κ1) is 14.0. The summed E-state index contributed by atoms with van der Waals surface area (Å²) in [7, 11) is 0. The maximum Gasteiger partial charge on any atom is 0.234 e. The van der Waals surface area contributed by atoms with E-state index in [1.807, 2.05) is 0 Å². The Morgan fingerprint density at radius 3 is 2.76 bits per heavy atom. The fourth-order valence-electron chi connectivity index (χ4n) is 2.14. The van der Waals surface area contributed by atoms with Crippen LogP contribution < -0.4 is 10.6 Å². The molecule has 1 amide bonds. The summed E-state index contributed by atoms with van der Waals surface area (Å²) in [6.07, 6.45) is 8.41. The lowest BCUT2D eigenvalue weighted by molar-refractivity contribution is -0.121. The van der Waals surface area contributed by atoms with Crippen LogP contribution in [0.2, 0.25) is 0 Å². The first-order valence-electron chi connectivity index (χ1n) is 6.42. The lowest BCUT2D eigenvalue weighted by atomic mass is 10.0. The third-order valence-electron chi connectivity index (χ3n) is 3.01. The highest BCUT2D eigenvalue weighted by atomic mass is 16.1. The minimum Gasteiger partial charge on any atom is -0.352 e. The molecule has 0 aliphatic carbocycles. The summed E-state index contributed by atoms with van der Waals surface area (Å²) in [5, 5.41) is 5.94. The van der Waals surface area contributed by atoms with E-state index in [1.165, 1.54) is 13.0 Å². The summed E-state index contributed by atoms with van der Waals surface area (Å²) in [4.78, 5) is 14.0. The minimum absolute atomic E-state index is 0.0502. The molecule has 1 heterocycles. The van der Waals surface area contributed by atoms with Crippen molar-refractivity contribution >= 4 is 5.91 Å². The van der Waals surface area contributed by atoms with Crippen molar-refractivity contribution in [3.8, 4) is 12.3 Å². The second-order valence-corrected chi connectivity index (χ2v) is 4.49. The maximum absolute atomic E-state index is 11.5. The topological polar surface area (TPSA) is 44.4 Å². The molecule has 4 heteroatoms. The maximum atomic E-state index is 11.5. The summed E-state index contributed by atoms with van der Waals surface area (Å²) < 4.78 is 0. The number of hydrogen-bond donors (Lipinski definition) is 2. The molecule has 2 N–H and O–H groups in total. The van der Waals surface area contributed by atoms with E-state index in [-0.39, 0.29) is 5.91 Å².